The quantitative estimate of drug-likeness (QED) is 0.493. The van der Waals surface area contributed by atoms with Crippen molar-refractivity contribution in [2.75, 3.05) is 56.2 Å². The topological polar surface area (TPSA) is 122 Å². The second-order valence-corrected chi connectivity index (χ2v) is 12.3. The van der Waals surface area contributed by atoms with Gasteiger partial charge in [0.2, 0.25) is 10.0 Å². The minimum Gasteiger partial charge on any atom is -0.384 e. The maximum absolute atomic E-state index is 14.0. The molecule has 2 atom stereocenters. The number of nitrogens with zero attached hydrogens (tertiary/aromatic N) is 7. The molecule has 0 aromatic carbocycles. The molecule has 3 aromatic heterocycles. The molecule has 210 valence electrons. The van der Waals surface area contributed by atoms with Crippen LogP contribution in [0.2, 0.25) is 0 Å². The Bertz CT molecular complexity index is 1500. The van der Waals surface area contributed by atoms with Crippen LogP contribution in [0.5, 0.6) is 0 Å². The summed E-state index contributed by atoms with van der Waals surface area (Å²) in [6, 6.07) is 2.82. The summed E-state index contributed by atoms with van der Waals surface area (Å²) in [5.74, 6) is 0.219. The van der Waals surface area contributed by atoms with Gasteiger partial charge in [0, 0.05) is 51.7 Å². The molecule has 7 rings (SSSR count). The lowest BCUT2D eigenvalue weighted by Crippen LogP contribution is -2.55. The molecule has 39 heavy (non-hydrogen) atoms. The zero-order chi connectivity index (χ0) is 27.5. The summed E-state index contributed by atoms with van der Waals surface area (Å²) in [5, 5.41) is 4.49. The van der Waals surface area contributed by atoms with Crippen molar-refractivity contribution in [2.45, 2.75) is 37.7 Å². The van der Waals surface area contributed by atoms with Crippen LogP contribution in [0.25, 0.3) is 16.9 Å². The molecule has 0 saturated carbocycles. The molecule has 0 radical (unpaired) electrons. The van der Waals surface area contributed by atoms with E-state index in [2.05, 4.69) is 24.9 Å². The first-order valence-electron chi connectivity index (χ1n) is 12.7. The van der Waals surface area contributed by atoms with E-state index in [9.17, 15) is 21.6 Å². The molecular formula is C24H29F3N8O3S. The number of piperazine rings is 1. The van der Waals surface area contributed by atoms with Gasteiger partial charge in [-0.05, 0) is 30.5 Å². The third kappa shape index (κ3) is 5.15. The predicted octanol–water partition coefficient (Wildman–Crippen LogP) is 1.84. The number of hydrogen-bond donors (Lipinski definition) is 1. The van der Waals surface area contributed by atoms with Crippen molar-refractivity contribution in [3.63, 3.8) is 0 Å². The van der Waals surface area contributed by atoms with E-state index in [1.165, 1.54) is 10.6 Å². The second-order valence-electron chi connectivity index (χ2n) is 10.4. The summed E-state index contributed by atoms with van der Waals surface area (Å²) >= 11 is 0. The highest BCUT2D eigenvalue weighted by Crippen LogP contribution is 2.38. The molecule has 4 aliphatic rings. The molecule has 0 amide bonds. The van der Waals surface area contributed by atoms with Gasteiger partial charge in [-0.2, -0.15) is 17.5 Å². The van der Waals surface area contributed by atoms with Crippen LogP contribution in [0.1, 0.15) is 24.0 Å². The molecule has 4 aliphatic heterocycles. The zero-order valence-electron chi connectivity index (χ0n) is 21.3. The Morgan fingerprint density at radius 3 is 2.54 bits per heavy atom. The van der Waals surface area contributed by atoms with Crippen molar-refractivity contribution < 1.29 is 26.3 Å². The Balaban J connectivity index is 1.39. The van der Waals surface area contributed by atoms with Gasteiger partial charge in [-0.1, -0.05) is 0 Å². The van der Waals surface area contributed by atoms with Crippen LogP contribution in [0, 0.1) is 0 Å². The number of fused-ring (bicyclic) bond motifs is 4. The smallest absolute Gasteiger partial charge is 0.384 e. The largest absolute Gasteiger partial charge is 0.417 e. The van der Waals surface area contributed by atoms with Crippen LogP contribution in [0.3, 0.4) is 0 Å². The number of nitrogens with two attached hydrogens (primary N) is 1. The first-order valence-corrected chi connectivity index (χ1v) is 14.6. The van der Waals surface area contributed by atoms with Crippen molar-refractivity contribution in [1.29, 1.82) is 0 Å². The van der Waals surface area contributed by atoms with Crippen molar-refractivity contribution in [1.82, 2.24) is 28.8 Å². The van der Waals surface area contributed by atoms with E-state index in [0.29, 0.717) is 57.2 Å². The van der Waals surface area contributed by atoms with Gasteiger partial charge < -0.3 is 15.4 Å². The molecule has 7 heterocycles. The van der Waals surface area contributed by atoms with E-state index < -0.39 is 21.8 Å². The van der Waals surface area contributed by atoms with Gasteiger partial charge in [0.25, 0.3) is 0 Å². The Kier molecular flexibility index (Phi) is 6.44. The number of alkyl halides is 3. The van der Waals surface area contributed by atoms with Crippen LogP contribution < -0.4 is 10.6 Å². The highest BCUT2D eigenvalue weighted by molar-refractivity contribution is 7.88. The fourth-order valence-corrected chi connectivity index (χ4v) is 6.45. The minimum absolute atomic E-state index is 0.0398. The zero-order valence-corrected chi connectivity index (χ0v) is 22.1. The standard InChI is InChI=1S/C24H29F3N8O3S/c1-39(36,37)33-6-4-32(5-7-33)11-15-8-20-23(34-13-17-3-2-16(34)14-38-17)30-22(31-35(20)12-15)18-10-29-21(28)9-19(18)24(25,26)27/h8-10,12,16-17H,2-7,11,13-14H2,1H3,(H2,28,29). The van der Waals surface area contributed by atoms with Crippen molar-refractivity contribution >= 4 is 27.2 Å². The monoisotopic (exact) mass is 566 g/mol. The van der Waals surface area contributed by atoms with Crippen LogP contribution in [0.4, 0.5) is 24.8 Å². The van der Waals surface area contributed by atoms with E-state index in [1.807, 2.05) is 6.07 Å². The average Bonchev–Trinajstić information content (AvgIpc) is 3.30. The van der Waals surface area contributed by atoms with Crippen LogP contribution in [-0.4, -0.2) is 94.9 Å². The van der Waals surface area contributed by atoms with Gasteiger partial charge >= 0.3 is 6.18 Å². The summed E-state index contributed by atoms with van der Waals surface area (Å²) in [6.07, 6.45) is 1.29. The number of anilines is 2. The lowest BCUT2D eigenvalue weighted by atomic mass is 9.97. The molecular weight excluding hydrogens is 537 g/mol. The molecule has 11 nitrogen and oxygen atoms in total. The number of piperidine rings is 1. The lowest BCUT2D eigenvalue weighted by Gasteiger charge is -2.45. The van der Waals surface area contributed by atoms with Crippen molar-refractivity contribution in [3.8, 4) is 11.4 Å². The molecule has 2 bridgehead atoms. The molecule has 2 unspecified atom stereocenters. The van der Waals surface area contributed by atoms with Crippen molar-refractivity contribution in [2.24, 2.45) is 0 Å². The Morgan fingerprint density at radius 1 is 1.15 bits per heavy atom. The van der Waals surface area contributed by atoms with Gasteiger partial charge in [-0.3, -0.25) is 4.90 Å². The number of sulfonamides is 1. The van der Waals surface area contributed by atoms with Gasteiger partial charge in [0.05, 0.1) is 36.1 Å². The highest BCUT2D eigenvalue weighted by atomic mass is 32.2. The molecule has 3 aromatic rings. The summed E-state index contributed by atoms with van der Waals surface area (Å²) in [6.45, 7) is 3.63. The SMILES string of the molecule is CS(=O)(=O)N1CCN(Cc2cc3c(N4CC5CCC4CO5)nc(-c4cnc(N)cc4C(F)(F)F)nn3c2)CC1. The molecule has 0 aliphatic carbocycles. The number of hydrogen-bond acceptors (Lipinski definition) is 9. The van der Waals surface area contributed by atoms with Gasteiger partial charge in [-0.15, -0.1) is 5.10 Å². The fourth-order valence-electron chi connectivity index (χ4n) is 5.62. The average molecular weight is 567 g/mol. The number of pyridine rings is 1. The third-order valence-corrected chi connectivity index (χ3v) is 8.94. The van der Waals surface area contributed by atoms with Crippen molar-refractivity contribution in [3.05, 3.63) is 35.7 Å². The molecule has 15 heteroatoms. The third-order valence-electron chi connectivity index (χ3n) is 7.64. The first-order chi connectivity index (χ1) is 18.5. The van der Waals surface area contributed by atoms with Crippen LogP contribution >= 0.6 is 0 Å². The molecule has 0 spiro atoms. The fraction of sp³-hybridized carbons (Fsp3) is 0.542. The summed E-state index contributed by atoms with van der Waals surface area (Å²) in [5.41, 5.74) is 5.99. The van der Waals surface area contributed by atoms with E-state index in [-0.39, 0.29) is 29.4 Å². The Labute approximate surface area is 223 Å². The number of aromatic nitrogens is 4. The van der Waals surface area contributed by atoms with E-state index in [0.717, 1.165) is 30.7 Å². The summed E-state index contributed by atoms with van der Waals surface area (Å²) in [7, 11) is -3.24. The van der Waals surface area contributed by atoms with E-state index >= 15 is 0 Å². The molecule has 2 N–H and O–H groups in total. The number of halogens is 3. The van der Waals surface area contributed by atoms with Gasteiger partial charge in [0.1, 0.15) is 11.3 Å². The van der Waals surface area contributed by atoms with Crippen LogP contribution in [-0.2, 0) is 27.5 Å². The number of rotatable bonds is 5. The Morgan fingerprint density at radius 2 is 1.92 bits per heavy atom. The summed E-state index contributed by atoms with van der Waals surface area (Å²) < 4.78 is 74.5. The minimum atomic E-state index is -4.67. The maximum Gasteiger partial charge on any atom is 0.417 e. The molecule has 4 saturated heterocycles. The summed E-state index contributed by atoms with van der Waals surface area (Å²) in [4.78, 5) is 12.8. The second kappa shape index (κ2) is 9.57. The number of ether oxygens (including phenoxy) is 1. The number of morpholine rings is 1. The van der Waals surface area contributed by atoms with Gasteiger partial charge in [-0.25, -0.2) is 22.9 Å². The Hall–Kier alpha value is -3.01. The van der Waals surface area contributed by atoms with Gasteiger partial charge in [0.15, 0.2) is 11.6 Å². The number of nitrogen functional groups attached to an aromatic ring is 1. The van der Waals surface area contributed by atoms with Crippen LogP contribution in [0.15, 0.2) is 24.5 Å². The lowest BCUT2D eigenvalue weighted by molar-refractivity contribution is -0.137. The highest BCUT2D eigenvalue weighted by Gasteiger charge is 2.38. The molecule has 4 fully saturated rings. The predicted molar refractivity (Wildman–Crippen MR) is 137 cm³/mol. The maximum atomic E-state index is 14.0. The normalized spacial score (nSPS) is 23.1. The van der Waals surface area contributed by atoms with E-state index in [4.69, 9.17) is 10.5 Å². The van der Waals surface area contributed by atoms with E-state index in [1.54, 1.807) is 10.7 Å². The first kappa shape index (κ1) is 26.2.